The fourth-order valence-corrected chi connectivity index (χ4v) is 2.32. The average molecular weight is 224 g/mol. The summed E-state index contributed by atoms with van der Waals surface area (Å²) in [6.07, 6.45) is 2.86. The van der Waals surface area contributed by atoms with Crippen molar-refractivity contribution < 1.29 is 10.2 Å². The van der Waals surface area contributed by atoms with Gasteiger partial charge in [0.2, 0.25) is 0 Å². The Morgan fingerprint density at radius 3 is 2.67 bits per heavy atom. The van der Waals surface area contributed by atoms with Crippen molar-refractivity contribution in [2.75, 3.05) is 5.75 Å². The average Bonchev–Trinajstić information content (AvgIpc) is 2.24. The zero-order chi connectivity index (χ0) is 11.3. The molecule has 0 aliphatic carbocycles. The lowest BCUT2D eigenvalue weighted by Crippen LogP contribution is -1.92. The van der Waals surface area contributed by atoms with Gasteiger partial charge in [-0.25, -0.2) is 0 Å². The minimum Gasteiger partial charge on any atom is -0.504 e. The third-order valence-corrected chi connectivity index (χ3v) is 3.59. The van der Waals surface area contributed by atoms with Crippen molar-refractivity contribution in [2.24, 2.45) is 0 Å². The van der Waals surface area contributed by atoms with E-state index in [0.717, 1.165) is 17.7 Å². The van der Waals surface area contributed by atoms with Crippen LogP contribution >= 0.6 is 11.8 Å². The largest absolute Gasteiger partial charge is 0.504 e. The lowest BCUT2D eigenvalue weighted by atomic mass is 10.1. The molecular formula is C12H16O2S. The van der Waals surface area contributed by atoms with Crippen molar-refractivity contribution in [3.8, 4) is 11.5 Å². The molecule has 82 valence electrons. The highest BCUT2D eigenvalue weighted by Gasteiger charge is 2.10. The van der Waals surface area contributed by atoms with E-state index in [0.29, 0.717) is 5.25 Å². The summed E-state index contributed by atoms with van der Waals surface area (Å²) >= 11 is 1.78. The number of phenols is 2. The predicted molar refractivity (Wildman–Crippen MR) is 65.5 cm³/mol. The van der Waals surface area contributed by atoms with Gasteiger partial charge in [0, 0.05) is 11.0 Å². The van der Waals surface area contributed by atoms with Crippen LogP contribution in [0.5, 0.6) is 11.5 Å². The second-order valence-corrected chi connectivity index (χ2v) is 4.50. The molecule has 0 radical (unpaired) electrons. The van der Waals surface area contributed by atoms with E-state index in [1.165, 1.54) is 6.07 Å². The molecule has 15 heavy (non-hydrogen) atoms. The normalized spacial score (nSPS) is 12.3. The summed E-state index contributed by atoms with van der Waals surface area (Å²) in [6, 6.07) is 5.00. The Morgan fingerprint density at radius 2 is 2.13 bits per heavy atom. The number of aromatic hydroxyl groups is 2. The quantitative estimate of drug-likeness (QED) is 0.594. The topological polar surface area (TPSA) is 40.5 Å². The van der Waals surface area contributed by atoms with E-state index < -0.39 is 0 Å². The SMILES string of the molecule is C=CCSC(CC)c1ccc(O)c(O)c1. The first-order valence-electron chi connectivity index (χ1n) is 4.93. The van der Waals surface area contributed by atoms with Crippen LogP contribution in [-0.4, -0.2) is 16.0 Å². The summed E-state index contributed by atoms with van der Waals surface area (Å²) in [5.41, 5.74) is 1.04. The standard InChI is InChI=1S/C12H16O2S/c1-3-7-15-12(4-2)9-5-6-10(13)11(14)8-9/h3,5-6,8,12-14H,1,4,7H2,2H3. The molecule has 1 rings (SSSR count). The zero-order valence-corrected chi connectivity index (χ0v) is 9.63. The molecule has 1 aromatic rings. The van der Waals surface area contributed by atoms with Crippen LogP contribution < -0.4 is 0 Å². The number of hydrogen-bond donors (Lipinski definition) is 2. The Labute approximate surface area is 94.6 Å². The Kier molecular flexibility index (Phi) is 4.56. The highest BCUT2D eigenvalue weighted by atomic mass is 32.2. The van der Waals surface area contributed by atoms with Gasteiger partial charge in [0.1, 0.15) is 0 Å². The zero-order valence-electron chi connectivity index (χ0n) is 8.81. The van der Waals surface area contributed by atoms with E-state index in [1.807, 2.05) is 12.1 Å². The van der Waals surface area contributed by atoms with Crippen molar-refractivity contribution in [2.45, 2.75) is 18.6 Å². The van der Waals surface area contributed by atoms with Gasteiger partial charge in [-0.3, -0.25) is 0 Å². The maximum atomic E-state index is 9.39. The number of benzene rings is 1. The van der Waals surface area contributed by atoms with Crippen molar-refractivity contribution in [3.05, 3.63) is 36.4 Å². The summed E-state index contributed by atoms with van der Waals surface area (Å²) in [4.78, 5) is 0. The number of thioether (sulfide) groups is 1. The molecule has 0 spiro atoms. The highest BCUT2D eigenvalue weighted by Crippen LogP contribution is 2.36. The molecule has 0 bridgehead atoms. The molecule has 2 nitrogen and oxygen atoms in total. The van der Waals surface area contributed by atoms with Gasteiger partial charge in [-0.15, -0.1) is 18.3 Å². The molecule has 1 unspecified atom stereocenters. The number of rotatable bonds is 5. The Morgan fingerprint density at radius 1 is 1.40 bits per heavy atom. The number of hydrogen-bond acceptors (Lipinski definition) is 3. The monoisotopic (exact) mass is 224 g/mol. The van der Waals surface area contributed by atoms with E-state index in [1.54, 1.807) is 17.8 Å². The molecule has 0 saturated carbocycles. The van der Waals surface area contributed by atoms with Crippen molar-refractivity contribution in [3.63, 3.8) is 0 Å². The lowest BCUT2D eigenvalue weighted by Gasteiger charge is -2.14. The van der Waals surface area contributed by atoms with E-state index in [-0.39, 0.29) is 11.5 Å². The highest BCUT2D eigenvalue weighted by molar-refractivity contribution is 7.99. The second-order valence-electron chi connectivity index (χ2n) is 3.27. The Hall–Kier alpha value is -1.09. The van der Waals surface area contributed by atoms with Crippen LogP contribution in [0.15, 0.2) is 30.9 Å². The molecule has 0 aliphatic rings. The molecule has 0 amide bonds. The van der Waals surface area contributed by atoms with Gasteiger partial charge in [0.05, 0.1) is 0 Å². The smallest absolute Gasteiger partial charge is 0.157 e. The molecule has 1 atom stereocenters. The van der Waals surface area contributed by atoms with Crippen molar-refractivity contribution >= 4 is 11.8 Å². The van der Waals surface area contributed by atoms with Crippen LogP contribution in [0.1, 0.15) is 24.2 Å². The molecule has 0 fully saturated rings. The van der Waals surface area contributed by atoms with Gasteiger partial charge in [0.15, 0.2) is 11.5 Å². The fraction of sp³-hybridized carbons (Fsp3) is 0.333. The molecule has 0 aromatic heterocycles. The Balaban J connectivity index is 2.82. The minimum absolute atomic E-state index is 0.0508. The summed E-state index contributed by atoms with van der Waals surface area (Å²) in [5.74, 6) is 0.771. The molecule has 0 aliphatic heterocycles. The molecule has 0 heterocycles. The van der Waals surface area contributed by atoms with Gasteiger partial charge < -0.3 is 10.2 Å². The molecule has 0 saturated heterocycles. The maximum Gasteiger partial charge on any atom is 0.157 e. The lowest BCUT2D eigenvalue weighted by molar-refractivity contribution is 0.403. The van der Waals surface area contributed by atoms with Gasteiger partial charge >= 0.3 is 0 Å². The van der Waals surface area contributed by atoms with Gasteiger partial charge in [-0.05, 0) is 24.1 Å². The van der Waals surface area contributed by atoms with Gasteiger partial charge in [-0.2, -0.15) is 0 Å². The van der Waals surface area contributed by atoms with Crippen molar-refractivity contribution in [1.82, 2.24) is 0 Å². The second kappa shape index (κ2) is 5.71. The summed E-state index contributed by atoms with van der Waals surface area (Å²) < 4.78 is 0. The summed E-state index contributed by atoms with van der Waals surface area (Å²) in [5, 5.41) is 18.9. The van der Waals surface area contributed by atoms with E-state index >= 15 is 0 Å². The first kappa shape index (κ1) is 12.0. The molecule has 1 aromatic carbocycles. The molecular weight excluding hydrogens is 208 g/mol. The van der Waals surface area contributed by atoms with Crippen LogP contribution in [-0.2, 0) is 0 Å². The molecule has 2 N–H and O–H groups in total. The first-order chi connectivity index (χ1) is 7.19. The van der Waals surface area contributed by atoms with E-state index in [2.05, 4.69) is 13.5 Å². The van der Waals surface area contributed by atoms with Crippen LogP contribution in [0.25, 0.3) is 0 Å². The first-order valence-corrected chi connectivity index (χ1v) is 5.98. The third-order valence-electron chi connectivity index (χ3n) is 2.16. The van der Waals surface area contributed by atoms with Crippen LogP contribution in [0.2, 0.25) is 0 Å². The van der Waals surface area contributed by atoms with Gasteiger partial charge in [0.25, 0.3) is 0 Å². The Bertz CT molecular complexity index is 336. The van der Waals surface area contributed by atoms with E-state index in [4.69, 9.17) is 0 Å². The maximum absolute atomic E-state index is 9.39. The third kappa shape index (κ3) is 3.20. The fourth-order valence-electron chi connectivity index (χ4n) is 1.37. The van der Waals surface area contributed by atoms with Crippen LogP contribution in [0.4, 0.5) is 0 Å². The predicted octanol–water partition coefficient (Wildman–Crippen LogP) is 3.47. The summed E-state index contributed by atoms with van der Waals surface area (Å²) in [6.45, 7) is 5.78. The van der Waals surface area contributed by atoms with Crippen molar-refractivity contribution in [1.29, 1.82) is 0 Å². The number of phenolic OH excluding ortho intramolecular Hbond substituents is 2. The molecule has 3 heteroatoms. The van der Waals surface area contributed by atoms with E-state index in [9.17, 15) is 10.2 Å². The van der Waals surface area contributed by atoms with Crippen LogP contribution in [0, 0.1) is 0 Å². The van der Waals surface area contributed by atoms with Gasteiger partial charge in [-0.1, -0.05) is 19.1 Å². The minimum atomic E-state index is -0.0673. The van der Waals surface area contributed by atoms with Crippen LogP contribution in [0.3, 0.4) is 0 Å². The summed E-state index contributed by atoms with van der Waals surface area (Å²) in [7, 11) is 0.